The van der Waals surface area contributed by atoms with Gasteiger partial charge in [0.05, 0.1) is 6.04 Å². The molecule has 0 heterocycles. The zero-order chi connectivity index (χ0) is 21.1. The van der Waals surface area contributed by atoms with Crippen molar-refractivity contribution in [1.82, 2.24) is 10.6 Å². The van der Waals surface area contributed by atoms with E-state index in [2.05, 4.69) is 10.6 Å². The van der Waals surface area contributed by atoms with Crippen LogP contribution in [0.5, 0.6) is 0 Å². The van der Waals surface area contributed by atoms with Gasteiger partial charge in [0.25, 0.3) is 0 Å². The maximum Gasteiger partial charge on any atom is 0.326 e. The molecule has 0 aromatic heterocycles. The first-order chi connectivity index (χ1) is 13.2. The standard InChI is InChI=1S/C20H31N3O4S/c1-13(2)11-17(20(26)27)23-19(25)16(12-14-7-5-4-6-8-14)22-18(24)15(21)9-10-28-3/h4-8,13,15-17H,9-12,21H2,1-3H3,(H,22,24)(H,23,25)(H,26,27)/t15-,16-,17-/m0/s1. The van der Waals surface area contributed by atoms with Crippen molar-refractivity contribution in [2.24, 2.45) is 11.7 Å². The number of carboxylic acid groups (broad SMARTS) is 1. The summed E-state index contributed by atoms with van der Waals surface area (Å²) in [4.78, 5) is 36.7. The Hall–Kier alpha value is -2.06. The summed E-state index contributed by atoms with van der Waals surface area (Å²) in [7, 11) is 0. The minimum atomic E-state index is -1.09. The van der Waals surface area contributed by atoms with E-state index < -0.39 is 35.9 Å². The molecule has 1 aromatic carbocycles. The number of carboxylic acids is 1. The smallest absolute Gasteiger partial charge is 0.326 e. The molecule has 0 saturated carbocycles. The van der Waals surface area contributed by atoms with Gasteiger partial charge in [-0.1, -0.05) is 44.2 Å². The van der Waals surface area contributed by atoms with E-state index in [1.807, 2.05) is 50.4 Å². The van der Waals surface area contributed by atoms with Crippen LogP contribution in [0.1, 0.15) is 32.3 Å². The molecular formula is C20H31N3O4S. The summed E-state index contributed by atoms with van der Waals surface area (Å²) in [5.41, 5.74) is 6.77. The third-order valence-electron chi connectivity index (χ3n) is 4.21. The zero-order valence-corrected chi connectivity index (χ0v) is 17.5. The highest BCUT2D eigenvalue weighted by Crippen LogP contribution is 2.08. The summed E-state index contributed by atoms with van der Waals surface area (Å²) in [5.74, 6) is -1.20. The van der Waals surface area contributed by atoms with E-state index in [0.717, 1.165) is 11.3 Å². The summed E-state index contributed by atoms with van der Waals surface area (Å²) in [6.07, 6.45) is 2.98. The van der Waals surface area contributed by atoms with E-state index in [1.54, 1.807) is 11.8 Å². The van der Waals surface area contributed by atoms with Crippen molar-refractivity contribution in [2.45, 2.75) is 51.2 Å². The summed E-state index contributed by atoms with van der Waals surface area (Å²) >= 11 is 1.59. The number of carbonyl (C=O) groups excluding carboxylic acids is 2. The van der Waals surface area contributed by atoms with Crippen molar-refractivity contribution in [3.8, 4) is 0 Å². The third-order valence-corrected chi connectivity index (χ3v) is 4.85. The number of benzene rings is 1. The molecule has 0 radical (unpaired) electrons. The third kappa shape index (κ3) is 8.75. The van der Waals surface area contributed by atoms with E-state index in [4.69, 9.17) is 5.73 Å². The molecule has 0 aliphatic rings. The molecule has 8 heteroatoms. The van der Waals surface area contributed by atoms with E-state index in [1.165, 1.54) is 0 Å². The van der Waals surface area contributed by atoms with Gasteiger partial charge in [-0.05, 0) is 36.3 Å². The van der Waals surface area contributed by atoms with Crippen LogP contribution in [0.25, 0.3) is 0 Å². The quantitative estimate of drug-likeness (QED) is 0.414. The van der Waals surface area contributed by atoms with E-state index in [-0.39, 0.29) is 12.3 Å². The van der Waals surface area contributed by atoms with Crippen molar-refractivity contribution in [3.63, 3.8) is 0 Å². The maximum atomic E-state index is 12.8. The largest absolute Gasteiger partial charge is 0.480 e. The number of amides is 2. The highest BCUT2D eigenvalue weighted by molar-refractivity contribution is 7.98. The number of nitrogens with two attached hydrogens (primary N) is 1. The Kier molecular flexibility index (Phi) is 10.6. The summed E-state index contributed by atoms with van der Waals surface area (Å²) < 4.78 is 0. The van der Waals surface area contributed by atoms with Crippen LogP contribution in [0.2, 0.25) is 0 Å². The fourth-order valence-electron chi connectivity index (χ4n) is 2.68. The molecule has 0 aliphatic carbocycles. The normalized spacial score (nSPS) is 14.2. The number of hydrogen-bond acceptors (Lipinski definition) is 5. The van der Waals surface area contributed by atoms with Crippen LogP contribution in [0, 0.1) is 5.92 Å². The number of aliphatic carboxylic acids is 1. The average molecular weight is 410 g/mol. The number of hydrogen-bond donors (Lipinski definition) is 4. The fraction of sp³-hybridized carbons (Fsp3) is 0.550. The molecule has 7 nitrogen and oxygen atoms in total. The van der Waals surface area contributed by atoms with Gasteiger partial charge in [0.1, 0.15) is 12.1 Å². The van der Waals surface area contributed by atoms with Gasteiger partial charge in [-0.15, -0.1) is 0 Å². The lowest BCUT2D eigenvalue weighted by molar-refractivity contribution is -0.142. The molecule has 2 amide bonds. The highest BCUT2D eigenvalue weighted by atomic mass is 32.2. The zero-order valence-electron chi connectivity index (χ0n) is 16.7. The summed E-state index contributed by atoms with van der Waals surface area (Å²) in [6, 6.07) is 6.62. The van der Waals surface area contributed by atoms with Crippen LogP contribution in [0.4, 0.5) is 0 Å². The number of rotatable bonds is 12. The molecule has 1 aromatic rings. The minimum Gasteiger partial charge on any atom is -0.480 e. The SMILES string of the molecule is CSCC[C@H](N)C(=O)N[C@@H](Cc1ccccc1)C(=O)N[C@@H](CC(C)C)C(=O)O. The first kappa shape index (κ1) is 24.0. The lowest BCUT2D eigenvalue weighted by Gasteiger charge is -2.23. The van der Waals surface area contributed by atoms with Crippen molar-refractivity contribution in [1.29, 1.82) is 0 Å². The second-order valence-corrected chi connectivity index (χ2v) is 8.15. The van der Waals surface area contributed by atoms with E-state index >= 15 is 0 Å². The summed E-state index contributed by atoms with van der Waals surface area (Å²) in [6.45, 7) is 3.77. The van der Waals surface area contributed by atoms with Gasteiger partial charge in [0.2, 0.25) is 11.8 Å². The Balaban J connectivity index is 2.90. The lowest BCUT2D eigenvalue weighted by Crippen LogP contribution is -2.55. The Morgan fingerprint density at radius 2 is 1.68 bits per heavy atom. The Bertz CT molecular complexity index is 640. The number of thioether (sulfide) groups is 1. The van der Waals surface area contributed by atoms with Crippen molar-refractivity contribution in [3.05, 3.63) is 35.9 Å². The van der Waals surface area contributed by atoms with Crippen LogP contribution >= 0.6 is 11.8 Å². The predicted molar refractivity (Wildman–Crippen MR) is 112 cm³/mol. The molecule has 156 valence electrons. The van der Waals surface area contributed by atoms with E-state index in [9.17, 15) is 19.5 Å². The van der Waals surface area contributed by atoms with Gasteiger partial charge in [-0.3, -0.25) is 9.59 Å². The molecule has 5 N–H and O–H groups in total. The molecule has 3 atom stereocenters. The highest BCUT2D eigenvalue weighted by Gasteiger charge is 2.28. The first-order valence-electron chi connectivity index (χ1n) is 9.36. The maximum absolute atomic E-state index is 12.8. The van der Waals surface area contributed by atoms with Crippen LogP contribution in [0.15, 0.2) is 30.3 Å². The minimum absolute atomic E-state index is 0.100. The van der Waals surface area contributed by atoms with Crippen LogP contribution in [0.3, 0.4) is 0 Å². The summed E-state index contributed by atoms with van der Waals surface area (Å²) in [5, 5.41) is 14.6. The van der Waals surface area contributed by atoms with Crippen LogP contribution < -0.4 is 16.4 Å². The molecule has 0 unspecified atom stereocenters. The number of nitrogens with one attached hydrogen (secondary N) is 2. The fourth-order valence-corrected chi connectivity index (χ4v) is 3.17. The predicted octanol–water partition coefficient (Wildman–Crippen LogP) is 1.41. The molecule has 0 spiro atoms. The number of carbonyl (C=O) groups is 3. The average Bonchev–Trinajstić information content (AvgIpc) is 2.65. The monoisotopic (exact) mass is 409 g/mol. The second kappa shape index (κ2) is 12.4. The molecule has 0 bridgehead atoms. The van der Waals surface area contributed by atoms with Gasteiger partial charge in [-0.2, -0.15) is 11.8 Å². The van der Waals surface area contributed by atoms with Gasteiger partial charge < -0.3 is 21.5 Å². The Labute approximate surface area is 170 Å². The molecule has 0 saturated heterocycles. The topological polar surface area (TPSA) is 122 Å². The molecular weight excluding hydrogens is 378 g/mol. The van der Waals surface area contributed by atoms with Crippen molar-refractivity contribution in [2.75, 3.05) is 12.0 Å². The Morgan fingerprint density at radius 1 is 1.07 bits per heavy atom. The van der Waals surface area contributed by atoms with Gasteiger partial charge in [-0.25, -0.2) is 4.79 Å². The van der Waals surface area contributed by atoms with Crippen molar-refractivity contribution >= 4 is 29.5 Å². The molecule has 0 aliphatic heterocycles. The lowest BCUT2D eigenvalue weighted by atomic mass is 10.0. The van der Waals surface area contributed by atoms with Gasteiger partial charge in [0, 0.05) is 6.42 Å². The van der Waals surface area contributed by atoms with E-state index in [0.29, 0.717) is 12.8 Å². The Morgan fingerprint density at radius 3 is 2.21 bits per heavy atom. The van der Waals surface area contributed by atoms with Crippen LogP contribution in [-0.4, -0.2) is 53.0 Å². The van der Waals surface area contributed by atoms with Gasteiger partial charge in [0.15, 0.2) is 0 Å². The van der Waals surface area contributed by atoms with Crippen molar-refractivity contribution < 1.29 is 19.5 Å². The van der Waals surface area contributed by atoms with Crippen LogP contribution in [-0.2, 0) is 20.8 Å². The van der Waals surface area contributed by atoms with Gasteiger partial charge >= 0.3 is 5.97 Å². The molecule has 28 heavy (non-hydrogen) atoms. The second-order valence-electron chi connectivity index (χ2n) is 7.17. The molecule has 0 fully saturated rings. The molecule has 1 rings (SSSR count). The first-order valence-corrected chi connectivity index (χ1v) is 10.8.